The summed E-state index contributed by atoms with van der Waals surface area (Å²) in [5.41, 5.74) is 5.29. The average molecular weight is 388 g/mol. The summed E-state index contributed by atoms with van der Waals surface area (Å²) in [6.45, 7) is 3.89. The molecule has 29 heavy (non-hydrogen) atoms. The molecule has 1 amide bonds. The Morgan fingerprint density at radius 3 is 2.59 bits per heavy atom. The fraction of sp³-hybridized carbons (Fsp3) is 0.227. The topological polar surface area (TPSA) is 75.1 Å². The number of amides is 1. The predicted octanol–water partition coefficient (Wildman–Crippen LogP) is 3.58. The summed E-state index contributed by atoms with van der Waals surface area (Å²) in [7, 11) is 4.00. The molecule has 2 heterocycles. The SMILES string of the molecule is CC1=C(C(=O)Nc2cccc(C)c2)C(c2ccc(N(C)C)cc2)n2ncnc2N1. The minimum absolute atomic E-state index is 0.163. The molecule has 1 aromatic heterocycles. The van der Waals surface area contributed by atoms with Crippen LogP contribution in [0.25, 0.3) is 0 Å². The van der Waals surface area contributed by atoms with Gasteiger partial charge in [0.25, 0.3) is 5.91 Å². The summed E-state index contributed by atoms with van der Waals surface area (Å²) in [5.74, 6) is 0.458. The molecule has 0 radical (unpaired) electrons. The van der Waals surface area contributed by atoms with Gasteiger partial charge in [0.15, 0.2) is 0 Å². The third-order valence-electron chi connectivity index (χ3n) is 5.04. The molecule has 4 rings (SSSR count). The van der Waals surface area contributed by atoms with Crippen molar-refractivity contribution in [2.75, 3.05) is 29.6 Å². The number of hydrogen-bond donors (Lipinski definition) is 2. The highest BCUT2D eigenvalue weighted by atomic mass is 16.1. The third kappa shape index (κ3) is 3.59. The van der Waals surface area contributed by atoms with E-state index in [1.54, 1.807) is 4.68 Å². The molecule has 0 aliphatic carbocycles. The lowest BCUT2D eigenvalue weighted by Crippen LogP contribution is -2.31. The van der Waals surface area contributed by atoms with Gasteiger partial charge in [0, 0.05) is 31.2 Å². The summed E-state index contributed by atoms with van der Waals surface area (Å²) in [6, 6.07) is 15.5. The van der Waals surface area contributed by atoms with Crippen molar-refractivity contribution in [1.29, 1.82) is 0 Å². The molecule has 1 aliphatic heterocycles. The number of rotatable bonds is 4. The van der Waals surface area contributed by atoms with Crippen LogP contribution in [0.1, 0.15) is 24.1 Å². The first kappa shape index (κ1) is 18.7. The Bertz CT molecular complexity index is 1080. The molecule has 7 nitrogen and oxygen atoms in total. The molecule has 7 heteroatoms. The minimum Gasteiger partial charge on any atom is -0.378 e. The van der Waals surface area contributed by atoms with E-state index < -0.39 is 0 Å². The van der Waals surface area contributed by atoms with Crippen molar-refractivity contribution >= 4 is 23.2 Å². The lowest BCUT2D eigenvalue weighted by Gasteiger charge is -2.29. The van der Waals surface area contributed by atoms with Gasteiger partial charge in [-0.15, -0.1) is 0 Å². The van der Waals surface area contributed by atoms with Gasteiger partial charge in [-0.1, -0.05) is 24.3 Å². The van der Waals surface area contributed by atoms with Crippen LogP contribution in [0.3, 0.4) is 0 Å². The molecule has 3 aromatic rings. The molecule has 0 saturated carbocycles. The standard InChI is InChI=1S/C22H24N6O/c1-14-6-5-7-17(12-14)26-21(29)19-15(2)25-22-23-13-24-28(22)20(19)16-8-10-18(11-9-16)27(3)4/h5-13,20H,1-4H3,(H,26,29)(H,23,24,25). The van der Waals surface area contributed by atoms with E-state index in [-0.39, 0.29) is 11.9 Å². The summed E-state index contributed by atoms with van der Waals surface area (Å²) in [4.78, 5) is 19.6. The molecular formula is C22H24N6O. The van der Waals surface area contributed by atoms with Crippen LogP contribution in [0, 0.1) is 6.92 Å². The van der Waals surface area contributed by atoms with Gasteiger partial charge >= 0.3 is 0 Å². The summed E-state index contributed by atoms with van der Waals surface area (Å²) in [6.07, 6.45) is 1.50. The number of carbonyl (C=O) groups excluding carboxylic acids is 1. The Balaban J connectivity index is 1.74. The molecule has 2 N–H and O–H groups in total. The maximum Gasteiger partial charge on any atom is 0.255 e. The normalized spacial score (nSPS) is 15.5. The van der Waals surface area contributed by atoms with Gasteiger partial charge in [-0.25, -0.2) is 4.68 Å². The summed E-state index contributed by atoms with van der Waals surface area (Å²) >= 11 is 0. The molecule has 0 spiro atoms. The highest BCUT2D eigenvalue weighted by Crippen LogP contribution is 2.35. The first-order valence-electron chi connectivity index (χ1n) is 9.46. The first-order valence-corrected chi connectivity index (χ1v) is 9.46. The van der Waals surface area contributed by atoms with Crippen molar-refractivity contribution in [3.63, 3.8) is 0 Å². The van der Waals surface area contributed by atoms with Crippen LogP contribution in [0.4, 0.5) is 17.3 Å². The summed E-state index contributed by atoms with van der Waals surface area (Å²) < 4.78 is 1.75. The zero-order chi connectivity index (χ0) is 20.5. The molecule has 2 aromatic carbocycles. The third-order valence-corrected chi connectivity index (χ3v) is 5.04. The smallest absolute Gasteiger partial charge is 0.255 e. The Kier molecular flexibility index (Phi) is 4.80. The van der Waals surface area contributed by atoms with Crippen molar-refractivity contribution < 1.29 is 4.79 Å². The van der Waals surface area contributed by atoms with Gasteiger partial charge < -0.3 is 15.5 Å². The fourth-order valence-corrected chi connectivity index (χ4v) is 3.57. The Morgan fingerprint density at radius 2 is 1.90 bits per heavy atom. The predicted molar refractivity (Wildman–Crippen MR) is 115 cm³/mol. The Hall–Kier alpha value is -3.61. The van der Waals surface area contributed by atoms with Crippen molar-refractivity contribution in [3.05, 3.63) is 77.3 Å². The van der Waals surface area contributed by atoms with E-state index in [1.165, 1.54) is 6.33 Å². The highest BCUT2D eigenvalue weighted by molar-refractivity contribution is 6.06. The van der Waals surface area contributed by atoms with E-state index in [0.717, 1.165) is 28.2 Å². The number of fused-ring (bicyclic) bond motifs is 1. The molecule has 148 valence electrons. The number of carbonyl (C=O) groups is 1. The Morgan fingerprint density at radius 1 is 1.14 bits per heavy atom. The number of anilines is 3. The van der Waals surface area contributed by atoms with Crippen LogP contribution in [-0.4, -0.2) is 34.8 Å². The number of hydrogen-bond acceptors (Lipinski definition) is 5. The highest BCUT2D eigenvalue weighted by Gasteiger charge is 2.33. The quantitative estimate of drug-likeness (QED) is 0.715. The zero-order valence-electron chi connectivity index (χ0n) is 17.0. The lowest BCUT2D eigenvalue weighted by atomic mass is 9.94. The van der Waals surface area contributed by atoms with Gasteiger partial charge in [-0.05, 0) is 49.2 Å². The number of nitrogens with zero attached hydrogens (tertiary/aromatic N) is 4. The second kappa shape index (κ2) is 7.43. The van der Waals surface area contributed by atoms with Gasteiger partial charge in [-0.2, -0.15) is 10.1 Å². The number of benzene rings is 2. The van der Waals surface area contributed by atoms with Crippen LogP contribution in [0.5, 0.6) is 0 Å². The fourth-order valence-electron chi connectivity index (χ4n) is 3.57. The number of allylic oxidation sites excluding steroid dienone is 1. The monoisotopic (exact) mass is 388 g/mol. The number of nitrogens with one attached hydrogen (secondary N) is 2. The molecule has 0 bridgehead atoms. The molecule has 0 saturated heterocycles. The van der Waals surface area contributed by atoms with E-state index in [4.69, 9.17) is 0 Å². The van der Waals surface area contributed by atoms with Crippen molar-refractivity contribution in [1.82, 2.24) is 14.8 Å². The van der Waals surface area contributed by atoms with Gasteiger partial charge in [0.1, 0.15) is 12.4 Å². The molecule has 0 fully saturated rings. The first-order chi connectivity index (χ1) is 13.9. The molecular weight excluding hydrogens is 364 g/mol. The lowest BCUT2D eigenvalue weighted by molar-refractivity contribution is -0.113. The van der Waals surface area contributed by atoms with Gasteiger partial charge in [0.05, 0.1) is 5.57 Å². The van der Waals surface area contributed by atoms with E-state index >= 15 is 0 Å². The average Bonchev–Trinajstić information content (AvgIpc) is 3.14. The second-order valence-electron chi connectivity index (χ2n) is 7.40. The molecule has 1 unspecified atom stereocenters. The maximum atomic E-state index is 13.3. The van der Waals surface area contributed by atoms with Crippen molar-refractivity contribution in [2.24, 2.45) is 0 Å². The van der Waals surface area contributed by atoms with Crippen LogP contribution in [0.2, 0.25) is 0 Å². The van der Waals surface area contributed by atoms with Crippen LogP contribution in [0.15, 0.2) is 66.1 Å². The van der Waals surface area contributed by atoms with Crippen LogP contribution in [-0.2, 0) is 4.79 Å². The number of aromatic nitrogens is 3. The van der Waals surface area contributed by atoms with Gasteiger partial charge in [0.2, 0.25) is 5.95 Å². The van der Waals surface area contributed by atoms with Gasteiger partial charge in [-0.3, -0.25) is 4.79 Å². The minimum atomic E-state index is -0.366. The van der Waals surface area contributed by atoms with E-state index in [9.17, 15) is 4.79 Å². The van der Waals surface area contributed by atoms with Crippen LogP contribution >= 0.6 is 0 Å². The van der Waals surface area contributed by atoms with E-state index in [2.05, 4.69) is 20.7 Å². The Labute approximate surface area is 170 Å². The largest absolute Gasteiger partial charge is 0.378 e. The van der Waals surface area contributed by atoms with Crippen molar-refractivity contribution in [2.45, 2.75) is 19.9 Å². The number of aryl methyl sites for hydroxylation is 1. The maximum absolute atomic E-state index is 13.3. The molecule has 1 atom stereocenters. The van der Waals surface area contributed by atoms with Crippen LogP contribution < -0.4 is 15.5 Å². The van der Waals surface area contributed by atoms with E-state index in [0.29, 0.717) is 11.5 Å². The second-order valence-corrected chi connectivity index (χ2v) is 7.40. The van der Waals surface area contributed by atoms with E-state index in [1.807, 2.05) is 81.4 Å². The van der Waals surface area contributed by atoms with Crippen molar-refractivity contribution in [3.8, 4) is 0 Å². The molecule has 1 aliphatic rings. The summed E-state index contributed by atoms with van der Waals surface area (Å²) in [5, 5.41) is 10.6. The zero-order valence-corrected chi connectivity index (χ0v) is 17.0.